The van der Waals surface area contributed by atoms with E-state index in [9.17, 15) is 0 Å². The Morgan fingerprint density at radius 2 is 2.08 bits per heavy atom. The quantitative estimate of drug-likeness (QED) is 0.657. The molecule has 0 saturated heterocycles. The van der Waals surface area contributed by atoms with Crippen LogP contribution in [-0.4, -0.2) is 13.1 Å². The van der Waals surface area contributed by atoms with Gasteiger partial charge in [0.2, 0.25) is 0 Å². The summed E-state index contributed by atoms with van der Waals surface area (Å²) in [5.41, 5.74) is 1.24. The van der Waals surface area contributed by atoms with Crippen LogP contribution in [0.1, 0.15) is 39.5 Å². The summed E-state index contributed by atoms with van der Waals surface area (Å²) < 4.78 is 0. The van der Waals surface area contributed by atoms with Crippen LogP contribution in [0.2, 0.25) is 0 Å². The highest BCUT2D eigenvalue weighted by Crippen LogP contribution is 2.28. The van der Waals surface area contributed by atoms with E-state index in [2.05, 4.69) is 25.7 Å². The molecule has 2 unspecified atom stereocenters. The van der Waals surface area contributed by atoms with Crippen molar-refractivity contribution in [3.8, 4) is 0 Å². The molecule has 0 bridgehead atoms. The van der Waals surface area contributed by atoms with Crippen molar-refractivity contribution in [2.75, 3.05) is 13.1 Å². The predicted octanol–water partition coefficient (Wildman–Crippen LogP) is 2.98. The molecule has 1 fully saturated rings. The zero-order chi connectivity index (χ0) is 9.68. The average Bonchev–Trinajstić information content (AvgIpc) is 2.08. The highest BCUT2D eigenvalue weighted by atomic mass is 14.9. The van der Waals surface area contributed by atoms with Crippen LogP contribution in [0.3, 0.4) is 0 Å². The first-order valence-electron chi connectivity index (χ1n) is 5.55. The predicted molar refractivity (Wildman–Crippen MR) is 58.8 cm³/mol. The molecule has 1 saturated carbocycles. The molecule has 0 heterocycles. The van der Waals surface area contributed by atoms with Crippen LogP contribution < -0.4 is 5.32 Å². The zero-order valence-corrected chi connectivity index (χ0v) is 9.10. The number of hydrogen-bond acceptors (Lipinski definition) is 1. The number of nitrogens with one attached hydrogen (secondary N) is 1. The zero-order valence-electron chi connectivity index (χ0n) is 9.10. The van der Waals surface area contributed by atoms with Gasteiger partial charge in [-0.15, -0.1) is 0 Å². The first-order valence-corrected chi connectivity index (χ1v) is 5.55. The molecule has 76 valence electrons. The van der Waals surface area contributed by atoms with Crippen molar-refractivity contribution in [2.24, 2.45) is 11.8 Å². The van der Waals surface area contributed by atoms with E-state index in [4.69, 9.17) is 0 Å². The summed E-state index contributed by atoms with van der Waals surface area (Å²) in [7, 11) is 0. The molecule has 0 amide bonds. The second kappa shape index (κ2) is 5.43. The van der Waals surface area contributed by atoms with E-state index in [-0.39, 0.29) is 0 Å². The minimum Gasteiger partial charge on any atom is -0.313 e. The Morgan fingerprint density at radius 3 is 2.69 bits per heavy atom. The van der Waals surface area contributed by atoms with Gasteiger partial charge in [0.25, 0.3) is 0 Å². The lowest BCUT2D eigenvalue weighted by Gasteiger charge is -2.28. The highest BCUT2D eigenvalue weighted by Gasteiger charge is 2.20. The molecule has 0 radical (unpaired) electrons. The lowest BCUT2D eigenvalue weighted by Crippen LogP contribution is -2.30. The van der Waals surface area contributed by atoms with Crippen LogP contribution in [0.5, 0.6) is 0 Å². The fourth-order valence-corrected chi connectivity index (χ4v) is 2.17. The maximum Gasteiger partial charge on any atom is 0.0159 e. The second-order valence-electron chi connectivity index (χ2n) is 4.61. The Kier molecular flexibility index (Phi) is 4.51. The van der Waals surface area contributed by atoms with Crippen molar-refractivity contribution in [3.05, 3.63) is 12.2 Å². The minimum absolute atomic E-state index is 0.910. The van der Waals surface area contributed by atoms with Crippen LogP contribution in [0.25, 0.3) is 0 Å². The summed E-state index contributed by atoms with van der Waals surface area (Å²) in [6.07, 6.45) is 5.73. The molecular formula is C12H23N. The second-order valence-corrected chi connectivity index (χ2v) is 4.61. The van der Waals surface area contributed by atoms with Crippen molar-refractivity contribution >= 4 is 0 Å². The Bertz CT molecular complexity index is 163. The van der Waals surface area contributed by atoms with Crippen LogP contribution in [-0.2, 0) is 0 Å². The first-order chi connectivity index (χ1) is 6.20. The van der Waals surface area contributed by atoms with Gasteiger partial charge in [-0.2, -0.15) is 0 Å². The van der Waals surface area contributed by atoms with Crippen LogP contribution in [0, 0.1) is 11.8 Å². The van der Waals surface area contributed by atoms with Crippen LogP contribution in [0.15, 0.2) is 12.2 Å². The normalized spacial score (nSPS) is 28.8. The molecule has 1 heteroatoms. The Morgan fingerprint density at radius 1 is 1.38 bits per heavy atom. The Hall–Kier alpha value is -0.300. The lowest BCUT2D eigenvalue weighted by atomic mass is 9.80. The first kappa shape index (κ1) is 10.8. The standard InChI is InChI=1S/C12H23N/c1-10(2)8-13-9-12-7-5-4-6-11(12)3/h11-13H,1,4-9H2,2-3H3. The van der Waals surface area contributed by atoms with E-state index in [1.54, 1.807) is 0 Å². The minimum atomic E-state index is 0.910. The van der Waals surface area contributed by atoms with Gasteiger partial charge in [0, 0.05) is 6.54 Å². The van der Waals surface area contributed by atoms with Crippen molar-refractivity contribution in [2.45, 2.75) is 39.5 Å². The molecule has 0 aromatic heterocycles. The van der Waals surface area contributed by atoms with Gasteiger partial charge >= 0.3 is 0 Å². The van der Waals surface area contributed by atoms with E-state index >= 15 is 0 Å². The Labute approximate surface area is 82.6 Å². The third kappa shape index (κ3) is 3.95. The summed E-state index contributed by atoms with van der Waals surface area (Å²) in [6, 6.07) is 0. The maximum atomic E-state index is 3.89. The fourth-order valence-electron chi connectivity index (χ4n) is 2.17. The monoisotopic (exact) mass is 181 g/mol. The average molecular weight is 181 g/mol. The van der Waals surface area contributed by atoms with Gasteiger partial charge in [-0.1, -0.05) is 38.3 Å². The molecule has 1 aliphatic carbocycles. The largest absolute Gasteiger partial charge is 0.313 e. The van der Waals surface area contributed by atoms with E-state index in [1.807, 2.05) is 0 Å². The van der Waals surface area contributed by atoms with Crippen LogP contribution in [0.4, 0.5) is 0 Å². The third-order valence-electron chi connectivity index (χ3n) is 3.12. The van der Waals surface area contributed by atoms with Gasteiger partial charge in [-0.05, 0) is 31.7 Å². The van der Waals surface area contributed by atoms with Gasteiger partial charge in [0.05, 0.1) is 0 Å². The smallest absolute Gasteiger partial charge is 0.0159 e. The van der Waals surface area contributed by atoms with Gasteiger partial charge in [-0.3, -0.25) is 0 Å². The third-order valence-corrected chi connectivity index (χ3v) is 3.12. The molecule has 1 rings (SSSR count). The molecular weight excluding hydrogens is 158 g/mol. The van der Waals surface area contributed by atoms with Crippen molar-refractivity contribution in [3.63, 3.8) is 0 Å². The van der Waals surface area contributed by atoms with Crippen LogP contribution >= 0.6 is 0 Å². The Balaban J connectivity index is 2.15. The van der Waals surface area contributed by atoms with Gasteiger partial charge in [0.15, 0.2) is 0 Å². The molecule has 0 aromatic carbocycles. The van der Waals surface area contributed by atoms with E-state index in [0.717, 1.165) is 18.4 Å². The molecule has 13 heavy (non-hydrogen) atoms. The summed E-state index contributed by atoms with van der Waals surface area (Å²) in [4.78, 5) is 0. The topological polar surface area (TPSA) is 12.0 Å². The maximum absolute atomic E-state index is 3.89. The summed E-state index contributed by atoms with van der Waals surface area (Å²) in [6.45, 7) is 10.5. The summed E-state index contributed by atoms with van der Waals surface area (Å²) in [5.74, 6) is 1.83. The van der Waals surface area contributed by atoms with Gasteiger partial charge in [0.1, 0.15) is 0 Å². The van der Waals surface area contributed by atoms with E-state index < -0.39 is 0 Å². The summed E-state index contributed by atoms with van der Waals surface area (Å²) in [5, 5.41) is 3.49. The molecule has 0 aliphatic heterocycles. The van der Waals surface area contributed by atoms with Gasteiger partial charge in [-0.25, -0.2) is 0 Å². The fraction of sp³-hybridized carbons (Fsp3) is 0.833. The van der Waals surface area contributed by atoms with Gasteiger partial charge < -0.3 is 5.32 Å². The highest BCUT2D eigenvalue weighted by molar-refractivity contribution is 4.91. The van der Waals surface area contributed by atoms with Crippen molar-refractivity contribution in [1.82, 2.24) is 5.32 Å². The molecule has 1 N–H and O–H groups in total. The van der Waals surface area contributed by atoms with E-state index in [0.29, 0.717) is 0 Å². The van der Waals surface area contributed by atoms with Crippen molar-refractivity contribution < 1.29 is 0 Å². The number of hydrogen-bond donors (Lipinski definition) is 1. The molecule has 0 spiro atoms. The van der Waals surface area contributed by atoms with Crippen molar-refractivity contribution in [1.29, 1.82) is 0 Å². The van der Waals surface area contributed by atoms with E-state index in [1.165, 1.54) is 37.8 Å². The molecule has 0 aromatic rings. The number of rotatable bonds is 4. The molecule has 1 nitrogen and oxygen atoms in total. The molecule has 1 aliphatic rings. The molecule has 2 atom stereocenters. The lowest BCUT2D eigenvalue weighted by molar-refractivity contribution is 0.250. The summed E-state index contributed by atoms with van der Waals surface area (Å²) >= 11 is 0. The SMILES string of the molecule is C=C(C)CNCC1CCCCC1C.